The highest BCUT2D eigenvalue weighted by molar-refractivity contribution is 5.36. The molecule has 0 unspecified atom stereocenters. The van der Waals surface area contributed by atoms with Crippen molar-refractivity contribution in [1.82, 2.24) is 0 Å². The van der Waals surface area contributed by atoms with Gasteiger partial charge in [0.15, 0.2) is 0 Å². The molecule has 0 aliphatic carbocycles. The molecular formula is C14H13O. The van der Waals surface area contributed by atoms with Crippen LogP contribution in [0.2, 0.25) is 0 Å². The highest BCUT2D eigenvalue weighted by Crippen LogP contribution is 2.22. The van der Waals surface area contributed by atoms with Crippen LogP contribution in [0.3, 0.4) is 0 Å². The van der Waals surface area contributed by atoms with Crippen LogP contribution in [-0.4, -0.2) is 0 Å². The zero-order valence-electron chi connectivity index (χ0n) is 8.95. The molecule has 0 saturated heterocycles. The number of hydrogen-bond acceptors (Lipinski definition) is 1. The van der Waals surface area contributed by atoms with Gasteiger partial charge in [0.2, 0.25) is 0 Å². The molecule has 0 saturated carbocycles. The van der Waals surface area contributed by atoms with Crippen molar-refractivity contribution in [3.8, 4) is 11.5 Å². The fourth-order valence-electron chi connectivity index (χ4n) is 1.34. The molecule has 0 N–H and O–H groups in total. The van der Waals surface area contributed by atoms with Crippen LogP contribution in [0.25, 0.3) is 0 Å². The van der Waals surface area contributed by atoms with Crippen LogP contribution >= 0.6 is 0 Å². The van der Waals surface area contributed by atoms with E-state index in [4.69, 9.17) is 4.74 Å². The molecule has 15 heavy (non-hydrogen) atoms. The smallest absolute Gasteiger partial charge is 0.128 e. The lowest BCUT2D eigenvalue weighted by molar-refractivity contribution is 0.482. The van der Waals surface area contributed by atoms with Crippen molar-refractivity contribution in [2.45, 2.75) is 13.8 Å². The summed E-state index contributed by atoms with van der Waals surface area (Å²) in [6, 6.07) is 16.8. The minimum atomic E-state index is 0.837. The van der Waals surface area contributed by atoms with E-state index in [0.29, 0.717) is 0 Å². The first-order chi connectivity index (χ1) is 7.25. The largest absolute Gasteiger partial charge is 0.457 e. The zero-order chi connectivity index (χ0) is 10.7. The van der Waals surface area contributed by atoms with E-state index in [9.17, 15) is 0 Å². The van der Waals surface area contributed by atoms with Crippen molar-refractivity contribution >= 4 is 0 Å². The minimum Gasteiger partial charge on any atom is -0.457 e. The Morgan fingerprint density at radius 3 is 2.40 bits per heavy atom. The molecule has 2 rings (SSSR count). The van der Waals surface area contributed by atoms with Crippen LogP contribution in [0.4, 0.5) is 0 Å². The Bertz CT molecular complexity index is 446. The second-order valence-electron chi connectivity index (χ2n) is 3.56. The van der Waals surface area contributed by atoms with Gasteiger partial charge in [0.05, 0.1) is 0 Å². The molecule has 1 nitrogen and oxygen atoms in total. The first-order valence-electron chi connectivity index (χ1n) is 4.97. The maximum absolute atomic E-state index is 5.68. The molecule has 0 heterocycles. The van der Waals surface area contributed by atoms with E-state index < -0.39 is 0 Å². The summed E-state index contributed by atoms with van der Waals surface area (Å²) >= 11 is 0. The number of rotatable bonds is 2. The van der Waals surface area contributed by atoms with Crippen molar-refractivity contribution in [1.29, 1.82) is 0 Å². The predicted molar refractivity (Wildman–Crippen MR) is 61.3 cm³/mol. The first kappa shape index (κ1) is 9.78. The summed E-state index contributed by atoms with van der Waals surface area (Å²) in [4.78, 5) is 0. The number of benzene rings is 2. The molecule has 0 bridgehead atoms. The van der Waals surface area contributed by atoms with Gasteiger partial charge in [0, 0.05) is 0 Å². The number of para-hydroxylation sites is 1. The maximum Gasteiger partial charge on any atom is 0.128 e. The van der Waals surface area contributed by atoms with Gasteiger partial charge in [0.1, 0.15) is 11.5 Å². The van der Waals surface area contributed by atoms with E-state index in [0.717, 1.165) is 17.1 Å². The van der Waals surface area contributed by atoms with Gasteiger partial charge in [-0.2, -0.15) is 0 Å². The Morgan fingerprint density at radius 1 is 1.00 bits per heavy atom. The summed E-state index contributed by atoms with van der Waals surface area (Å²) in [6.07, 6.45) is 0. The fraction of sp³-hybridized carbons (Fsp3) is 0.143. The second-order valence-corrected chi connectivity index (χ2v) is 3.56. The third-order valence-corrected chi connectivity index (χ3v) is 2.36. The third-order valence-electron chi connectivity index (χ3n) is 2.36. The number of hydrogen-bond donors (Lipinski definition) is 0. The normalized spacial score (nSPS) is 10.0. The third kappa shape index (κ3) is 2.38. The molecule has 0 spiro atoms. The molecule has 0 atom stereocenters. The molecule has 0 aliphatic heterocycles. The molecule has 75 valence electrons. The van der Waals surface area contributed by atoms with Crippen LogP contribution in [0.15, 0.2) is 42.5 Å². The molecule has 1 radical (unpaired) electrons. The highest BCUT2D eigenvalue weighted by atomic mass is 16.5. The van der Waals surface area contributed by atoms with Gasteiger partial charge in [-0.1, -0.05) is 18.2 Å². The van der Waals surface area contributed by atoms with E-state index in [1.165, 1.54) is 5.56 Å². The van der Waals surface area contributed by atoms with Crippen LogP contribution in [0.1, 0.15) is 11.1 Å². The van der Waals surface area contributed by atoms with Gasteiger partial charge < -0.3 is 4.74 Å². The van der Waals surface area contributed by atoms with Gasteiger partial charge in [-0.15, -0.1) is 0 Å². The SMILES string of the molecule is Cc1[c]cc(Oc2ccccc2)cc1C. The van der Waals surface area contributed by atoms with Crippen molar-refractivity contribution in [2.24, 2.45) is 0 Å². The molecule has 0 aromatic heterocycles. The van der Waals surface area contributed by atoms with Crippen molar-refractivity contribution in [2.75, 3.05) is 0 Å². The van der Waals surface area contributed by atoms with Crippen molar-refractivity contribution in [3.63, 3.8) is 0 Å². The van der Waals surface area contributed by atoms with E-state index >= 15 is 0 Å². The lowest BCUT2D eigenvalue weighted by Crippen LogP contribution is -1.86. The van der Waals surface area contributed by atoms with E-state index in [-0.39, 0.29) is 0 Å². The summed E-state index contributed by atoms with van der Waals surface area (Å²) < 4.78 is 5.68. The van der Waals surface area contributed by atoms with Gasteiger partial charge in [0.25, 0.3) is 0 Å². The summed E-state index contributed by atoms with van der Waals surface area (Å²) in [5.41, 5.74) is 2.36. The van der Waals surface area contributed by atoms with Gasteiger partial charge >= 0.3 is 0 Å². The standard InChI is InChI=1S/C14H13O/c1-11-8-9-14(10-12(11)2)15-13-6-4-3-5-7-13/h3-7,9-10H,1-2H3. The van der Waals surface area contributed by atoms with Crippen LogP contribution in [0.5, 0.6) is 11.5 Å². The quantitative estimate of drug-likeness (QED) is 0.709. The Hall–Kier alpha value is -1.76. The second kappa shape index (κ2) is 4.18. The number of ether oxygens (including phenoxy) is 1. The molecule has 0 fully saturated rings. The molecule has 0 amide bonds. The molecular weight excluding hydrogens is 184 g/mol. The Morgan fingerprint density at radius 2 is 1.73 bits per heavy atom. The zero-order valence-corrected chi connectivity index (χ0v) is 8.95. The molecule has 1 heteroatoms. The summed E-state index contributed by atoms with van der Waals surface area (Å²) in [5, 5.41) is 0. The summed E-state index contributed by atoms with van der Waals surface area (Å²) in [7, 11) is 0. The van der Waals surface area contributed by atoms with Gasteiger partial charge in [-0.05, 0) is 55.3 Å². The van der Waals surface area contributed by atoms with Gasteiger partial charge in [-0.25, -0.2) is 0 Å². The average Bonchev–Trinajstić information content (AvgIpc) is 2.25. The predicted octanol–water partition coefficient (Wildman–Crippen LogP) is 3.90. The number of aryl methyl sites for hydroxylation is 2. The summed E-state index contributed by atoms with van der Waals surface area (Å²) in [6.45, 7) is 4.10. The monoisotopic (exact) mass is 197 g/mol. The first-order valence-corrected chi connectivity index (χ1v) is 4.97. The maximum atomic E-state index is 5.68. The molecule has 2 aromatic carbocycles. The molecule has 2 aromatic rings. The average molecular weight is 197 g/mol. The Balaban J connectivity index is 2.22. The Labute approximate surface area is 90.3 Å². The topological polar surface area (TPSA) is 9.23 Å². The van der Waals surface area contributed by atoms with Crippen LogP contribution in [0, 0.1) is 19.9 Å². The van der Waals surface area contributed by atoms with Gasteiger partial charge in [-0.3, -0.25) is 0 Å². The Kier molecular flexibility index (Phi) is 2.72. The summed E-state index contributed by atoms with van der Waals surface area (Å²) in [5.74, 6) is 1.69. The van der Waals surface area contributed by atoms with Crippen LogP contribution in [-0.2, 0) is 0 Å². The van der Waals surface area contributed by atoms with Crippen LogP contribution < -0.4 is 4.74 Å². The van der Waals surface area contributed by atoms with Crippen molar-refractivity contribution in [3.05, 3.63) is 59.7 Å². The van der Waals surface area contributed by atoms with E-state index in [2.05, 4.69) is 13.0 Å². The lowest BCUT2D eigenvalue weighted by Gasteiger charge is -2.07. The van der Waals surface area contributed by atoms with Crippen molar-refractivity contribution < 1.29 is 4.74 Å². The fourth-order valence-corrected chi connectivity index (χ4v) is 1.34. The lowest BCUT2D eigenvalue weighted by atomic mass is 10.1. The van der Waals surface area contributed by atoms with E-state index in [1.54, 1.807) is 0 Å². The molecule has 0 aliphatic rings. The highest BCUT2D eigenvalue weighted by Gasteiger charge is 1.98. The minimum absolute atomic E-state index is 0.837. The van der Waals surface area contributed by atoms with E-state index in [1.807, 2.05) is 49.4 Å².